The zero-order valence-corrected chi connectivity index (χ0v) is 17.7. The van der Waals surface area contributed by atoms with Crippen LogP contribution in [0.3, 0.4) is 0 Å². The Morgan fingerprint density at radius 3 is 2.38 bits per heavy atom. The lowest BCUT2D eigenvalue weighted by molar-refractivity contribution is -0.120. The molecule has 1 aliphatic rings. The van der Waals surface area contributed by atoms with Gasteiger partial charge in [0.2, 0.25) is 5.91 Å². The van der Waals surface area contributed by atoms with E-state index in [0.29, 0.717) is 6.04 Å². The quantitative estimate of drug-likeness (QED) is 0.576. The van der Waals surface area contributed by atoms with Crippen LogP contribution in [0.2, 0.25) is 0 Å². The molecule has 3 heteroatoms. The van der Waals surface area contributed by atoms with Gasteiger partial charge in [-0.1, -0.05) is 59.9 Å². The van der Waals surface area contributed by atoms with Gasteiger partial charge in [-0.05, 0) is 43.9 Å². The summed E-state index contributed by atoms with van der Waals surface area (Å²) < 4.78 is 0. The summed E-state index contributed by atoms with van der Waals surface area (Å²) in [5.74, 6) is 0.309. The van der Waals surface area contributed by atoms with Gasteiger partial charge < -0.3 is 10.2 Å². The predicted molar refractivity (Wildman–Crippen MR) is 113 cm³/mol. The van der Waals surface area contributed by atoms with Crippen LogP contribution in [0.25, 0.3) is 0 Å². The molecule has 1 heterocycles. The molecule has 26 heavy (non-hydrogen) atoms. The van der Waals surface area contributed by atoms with E-state index in [0.717, 1.165) is 37.9 Å². The number of carbonyl (C=O) groups excluding carboxylic acids is 1. The van der Waals surface area contributed by atoms with Gasteiger partial charge in [0.1, 0.15) is 0 Å². The van der Waals surface area contributed by atoms with Gasteiger partial charge in [-0.2, -0.15) is 0 Å². The molecule has 0 spiro atoms. The summed E-state index contributed by atoms with van der Waals surface area (Å²) in [6, 6.07) is 6.98. The van der Waals surface area contributed by atoms with Gasteiger partial charge in [-0.25, -0.2) is 0 Å². The second-order valence-corrected chi connectivity index (χ2v) is 8.44. The first-order valence-electron chi connectivity index (χ1n) is 10.6. The molecule has 1 aromatic carbocycles. The maximum atomic E-state index is 12.7. The van der Waals surface area contributed by atoms with Gasteiger partial charge >= 0.3 is 0 Å². The Hall–Kier alpha value is -1.51. The number of benzene rings is 1. The second kappa shape index (κ2) is 8.92. The third-order valence-corrected chi connectivity index (χ3v) is 6.18. The molecule has 0 saturated carbocycles. The van der Waals surface area contributed by atoms with E-state index in [1.807, 2.05) is 0 Å². The molecule has 1 unspecified atom stereocenters. The fourth-order valence-corrected chi connectivity index (χ4v) is 4.21. The first kappa shape index (κ1) is 20.8. The van der Waals surface area contributed by atoms with E-state index in [1.165, 1.54) is 24.1 Å². The molecule has 0 saturated heterocycles. The molecule has 1 atom stereocenters. The summed E-state index contributed by atoms with van der Waals surface area (Å²) in [7, 11) is 0. The molecule has 0 aromatic heterocycles. The summed E-state index contributed by atoms with van der Waals surface area (Å²) >= 11 is 0. The highest BCUT2D eigenvalue weighted by atomic mass is 16.1. The van der Waals surface area contributed by atoms with E-state index in [4.69, 9.17) is 0 Å². The van der Waals surface area contributed by atoms with Gasteiger partial charge in [-0.3, -0.25) is 4.79 Å². The molecule has 0 fully saturated rings. The normalized spacial score (nSPS) is 18.3. The predicted octanol–water partition coefficient (Wildman–Crippen LogP) is 6.13. The first-order chi connectivity index (χ1) is 12.4. The van der Waals surface area contributed by atoms with Crippen LogP contribution in [0.4, 0.5) is 11.4 Å². The number of nitrogens with one attached hydrogen (secondary N) is 1. The minimum absolute atomic E-state index is 0.129. The van der Waals surface area contributed by atoms with Crippen molar-refractivity contribution in [2.24, 2.45) is 5.92 Å². The van der Waals surface area contributed by atoms with Crippen LogP contribution in [-0.4, -0.2) is 18.5 Å². The summed E-state index contributed by atoms with van der Waals surface area (Å²) in [5.41, 5.74) is 3.78. The number of fused-ring (bicyclic) bond motifs is 1. The van der Waals surface area contributed by atoms with Crippen LogP contribution in [0, 0.1) is 5.92 Å². The minimum atomic E-state index is 0.129. The smallest absolute Gasteiger partial charge is 0.227 e. The lowest BCUT2D eigenvalue weighted by Crippen LogP contribution is -2.39. The van der Waals surface area contributed by atoms with Gasteiger partial charge in [0.15, 0.2) is 0 Å². The number of unbranched alkanes of at least 4 members (excludes halogenated alkanes) is 1. The molecule has 146 valence electrons. The zero-order chi connectivity index (χ0) is 19.3. The van der Waals surface area contributed by atoms with Crippen molar-refractivity contribution in [3.05, 3.63) is 23.8 Å². The topological polar surface area (TPSA) is 32.3 Å². The van der Waals surface area contributed by atoms with E-state index in [-0.39, 0.29) is 17.2 Å². The van der Waals surface area contributed by atoms with Gasteiger partial charge in [0.25, 0.3) is 0 Å². The lowest BCUT2D eigenvalue weighted by Gasteiger charge is -2.31. The van der Waals surface area contributed by atoms with Crippen molar-refractivity contribution in [2.75, 3.05) is 16.8 Å². The number of rotatable bonds is 9. The third-order valence-electron chi connectivity index (χ3n) is 6.18. The van der Waals surface area contributed by atoms with Crippen molar-refractivity contribution in [1.82, 2.24) is 0 Å². The average Bonchev–Trinajstić information content (AvgIpc) is 2.79. The van der Waals surface area contributed by atoms with E-state index >= 15 is 0 Å². The van der Waals surface area contributed by atoms with E-state index < -0.39 is 0 Å². The SMILES string of the molecule is CCCCN1c2cc(NC(=O)C(CCC)CCC)ccc2C(C)(C)C1C. The molecule has 1 amide bonds. The van der Waals surface area contributed by atoms with Gasteiger partial charge in [0.05, 0.1) is 0 Å². The molecule has 0 bridgehead atoms. The Morgan fingerprint density at radius 2 is 1.81 bits per heavy atom. The monoisotopic (exact) mass is 358 g/mol. The number of hydrogen-bond donors (Lipinski definition) is 1. The van der Waals surface area contributed by atoms with Crippen molar-refractivity contribution in [1.29, 1.82) is 0 Å². The summed E-state index contributed by atoms with van der Waals surface area (Å²) in [6.45, 7) is 14.6. The van der Waals surface area contributed by atoms with Crippen LogP contribution >= 0.6 is 0 Å². The van der Waals surface area contributed by atoms with E-state index in [9.17, 15) is 4.79 Å². The Balaban J connectivity index is 2.23. The van der Waals surface area contributed by atoms with Crippen LogP contribution in [0.1, 0.15) is 85.6 Å². The molecule has 0 aliphatic carbocycles. The molecular weight excluding hydrogens is 320 g/mol. The molecule has 1 aromatic rings. The number of hydrogen-bond acceptors (Lipinski definition) is 2. The Kier molecular flexibility index (Phi) is 7.14. The zero-order valence-electron chi connectivity index (χ0n) is 17.7. The number of anilines is 2. The summed E-state index contributed by atoms with van der Waals surface area (Å²) in [5, 5.41) is 3.19. The number of nitrogens with zero attached hydrogens (tertiary/aromatic N) is 1. The van der Waals surface area contributed by atoms with Gasteiger partial charge in [-0.15, -0.1) is 0 Å². The maximum absolute atomic E-state index is 12.7. The number of carbonyl (C=O) groups is 1. The molecule has 1 N–H and O–H groups in total. The molecule has 1 aliphatic heterocycles. The standard InChI is InChI=1S/C23H38N2O/c1-7-10-15-25-17(4)23(5,6)20-14-13-19(16-21(20)25)24-22(26)18(11-8-2)12-9-3/h13-14,16-18H,7-12,15H2,1-6H3,(H,24,26). The Bertz CT molecular complexity index is 602. The fraction of sp³-hybridized carbons (Fsp3) is 0.696. The minimum Gasteiger partial charge on any atom is -0.368 e. The third kappa shape index (κ3) is 4.24. The first-order valence-corrected chi connectivity index (χ1v) is 10.6. The van der Waals surface area contributed by atoms with Crippen LogP contribution < -0.4 is 10.2 Å². The van der Waals surface area contributed by atoms with Crippen molar-refractivity contribution >= 4 is 17.3 Å². The highest BCUT2D eigenvalue weighted by Crippen LogP contribution is 2.46. The number of amides is 1. The van der Waals surface area contributed by atoms with Gasteiger partial charge in [0, 0.05) is 35.3 Å². The largest absolute Gasteiger partial charge is 0.368 e. The fourth-order valence-electron chi connectivity index (χ4n) is 4.21. The highest BCUT2D eigenvalue weighted by Gasteiger charge is 2.41. The maximum Gasteiger partial charge on any atom is 0.227 e. The van der Waals surface area contributed by atoms with Crippen molar-refractivity contribution in [3.63, 3.8) is 0 Å². The van der Waals surface area contributed by atoms with Crippen molar-refractivity contribution in [3.8, 4) is 0 Å². The van der Waals surface area contributed by atoms with Crippen molar-refractivity contribution in [2.45, 2.75) is 91.5 Å². The highest BCUT2D eigenvalue weighted by molar-refractivity contribution is 5.93. The Labute approximate surface area is 160 Å². The molecular formula is C23H38N2O. The Morgan fingerprint density at radius 1 is 1.15 bits per heavy atom. The van der Waals surface area contributed by atoms with E-state index in [2.05, 4.69) is 70.0 Å². The average molecular weight is 359 g/mol. The molecule has 3 nitrogen and oxygen atoms in total. The van der Waals surface area contributed by atoms with Crippen LogP contribution in [-0.2, 0) is 10.2 Å². The summed E-state index contributed by atoms with van der Waals surface area (Å²) in [4.78, 5) is 15.2. The van der Waals surface area contributed by atoms with E-state index in [1.54, 1.807) is 0 Å². The van der Waals surface area contributed by atoms with Crippen LogP contribution in [0.15, 0.2) is 18.2 Å². The lowest BCUT2D eigenvalue weighted by atomic mass is 9.81. The van der Waals surface area contributed by atoms with Crippen LogP contribution in [0.5, 0.6) is 0 Å². The second-order valence-electron chi connectivity index (χ2n) is 8.44. The molecule has 0 radical (unpaired) electrons. The van der Waals surface area contributed by atoms with Crippen molar-refractivity contribution < 1.29 is 4.79 Å². The summed E-state index contributed by atoms with van der Waals surface area (Å²) in [6.07, 6.45) is 6.45. The molecule has 2 rings (SSSR count).